The normalized spacial score (nSPS) is 16.6. The highest BCUT2D eigenvalue weighted by Crippen LogP contribution is 2.31. The van der Waals surface area contributed by atoms with Crippen molar-refractivity contribution in [2.75, 3.05) is 6.61 Å². The van der Waals surface area contributed by atoms with Crippen LogP contribution in [0.25, 0.3) is 0 Å². The van der Waals surface area contributed by atoms with Gasteiger partial charge in [-0.25, -0.2) is 8.42 Å². The lowest BCUT2D eigenvalue weighted by Gasteiger charge is -2.25. The van der Waals surface area contributed by atoms with E-state index < -0.39 is 9.05 Å². The van der Waals surface area contributed by atoms with Crippen LogP contribution in [-0.2, 0) is 9.05 Å². The van der Waals surface area contributed by atoms with Crippen LogP contribution in [0.3, 0.4) is 0 Å². The van der Waals surface area contributed by atoms with Crippen LogP contribution >= 0.6 is 10.7 Å². The average molecular weight is 275 g/mol. The molecule has 0 unspecified atom stereocenters. The van der Waals surface area contributed by atoms with Crippen LogP contribution in [0.1, 0.15) is 24.8 Å². The van der Waals surface area contributed by atoms with E-state index in [0.29, 0.717) is 18.3 Å². The predicted molar refractivity (Wildman–Crippen MR) is 67.1 cm³/mol. The van der Waals surface area contributed by atoms with Gasteiger partial charge < -0.3 is 4.74 Å². The molecule has 1 aliphatic rings. The van der Waals surface area contributed by atoms with Crippen molar-refractivity contribution in [3.05, 3.63) is 23.8 Å². The van der Waals surface area contributed by atoms with Crippen LogP contribution in [0.2, 0.25) is 0 Å². The zero-order valence-corrected chi connectivity index (χ0v) is 11.2. The summed E-state index contributed by atoms with van der Waals surface area (Å²) in [6.07, 6.45) is 3.56. The molecule has 1 aromatic rings. The van der Waals surface area contributed by atoms with E-state index in [9.17, 15) is 8.42 Å². The Labute approximate surface area is 106 Å². The molecule has 1 aliphatic carbocycles. The number of hydrogen-bond acceptors (Lipinski definition) is 3. The second kappa shape index (κ2) is 4.86. The Morgan fingerprint density at radius 2 is 2.12 bits per heavy atom. The lowest BCUT2D eigenvalue weighted by atomic mass is 9.86. The standard InChI is InChI=1S/C12H15ClO3S/c1-9-5-6-11(12(7-9)17(13,14)15)16-8-10-3-2-4-10/h5-7,10H,2-4,8H2,1H3. The minimum atomic E-state index is -3.75. The molecular weight excluding hydrogens is 260 g/mol. The molecule has 0 spiro atoms. The van der Waals surface area contributed by atoms with E-state index in [0.717, 1.165) is 18.4 Å². The first-order valence-corrected chi connectivity index (χ1v) is 7.96. The van der Waals surface area contributed by atoms with Gasteiger partial charge in [0.1, 0.15) is 10.6 Å². The molecule has 0 N–H and O–H groups in total. The third-order valence-electron chi connectivity index (χ3n) is 3.06. The van der Waals surface area contributed by atoms with Crippen molar-refractivity contribution in [3.8, 4) is 5.75 Å². The second-order valence-electron chi connectivity index (χ2n) is 4.50. The van der Waals surface area contributed by atoms with E-state index in [-0.39, 0.29) is 4.90 Å². The van der Waals surface area contributed by atoms with Crippen LogP contribution in [0.5, 0.6) is 5.75 Å². The summed E-state index contributed by atoms with van der Waals surface area (Å²) < 4.78 is 28.4. The Balaban J connectivity index is 2.19. The van der Waals surface area contributed by atoms with Gasteiger partial charge in [-0.3, -0.25) is 0 Å². The van der Waals surface area contributed by atoms with Crippen molar-refractivity contribution in [3.63, 3.8) is 0 Å². The summed E-state index contributed by atoms with van der Waals surface area (Å²) in [4.78, 5) is 0.0680. The van der Waals surface area contributed by atoms with Gasteiger partial charge in [0.05, 0.1) is 6.61 Å². The number of rotatable bonds is 4. The van der Waals surface area contributed by atoms with Crippen molar-refractivity contribution in [1.82, 2.24) is 0 Å². The fraction of sp³-hybridized carbons (Fsp3) is 0.500. The number of halogens is 1. The summed E-state index contributed by atoms with van der Waals surface area (Å²) in [5.74, 6) is 0.916. The Kier molecular flexibility index (Phi) is 3.64. The minimum absolute atomic E-state index is 0.0680. The van der Waals surface area contributed by atoms with Crippen molar-refractivity contribution in [2.45, 2.75) is 31.1 Å². The summed E-state index contributed by atoms with van der Waals surface area (Å²) >= 11 is 0. The lowest BCUT2D eigenvalue weighted by Crippen LogP contribution is -2.19. The van der Waals surface area contributed by atoms with Crippen molar-refractivity contribution in [1.29, 1.82) is 0 Å². The topological polar surface area (TPSA) is 43.4 Å². The van der Waals surface area contributed by atoms with E-state index in [4.69, 9.17) is 15.4 Å². The summed E-state index contributed by atoms with van der Waals surface area (Å²) in [5.41, 5.74) is 0.847. The molecule has 0 saturated heterocycles. The molecule has 3 nitrogen and oxygen atoms in total. The van der Waals surface area contributed by atoms with Gasteiger partial charge in [-0.05, 0) is 43.4 Å². The van der Waals surface area contributed by atoms with Crippen LogP contribution < -0.4 is 4.74 Å². The fourth-order valence-corrected chi connectivity index (χ4v) is 2.85. The first kappa shape index (κ1) is 12.7. The quantitative estimate of drug-likeness (QED) is 0.793. The Bertz CT molecular complexity index is 506. The van der Waals surface area contributed by atoms with E-state index in [1.165, 1.54) is 6.42 Å². The van der Waals surface area contributed by atoms with E-state index in [1.807, 2.05) is 13.0 Å². The molecule has 2 rings (SSSR count). The Morgan fingerprint density at radius 3 is 2.65 bits per heavy atom. The van der Waals surface area contributed by atoms with Crippen molar-refractivity contribution in [2.24, 2.45) is 5.92 Å². The van der Waals surface area contributed by atoms with Gasteiger partial charge in [-0.1, -0.05) is 12.5 Å². The molecule has 0 radical (unpaired) electrons. The number of hydrogen-bond donors (Lipinski definition) is 0. The molecule has 17 heavy (non-hydrogen) atoms. The Hall–Kier alpha value is -0.740. The highest BCUT2D eigenvalue weighted by Gasteiger charge is 2.21. The summed E-state index contributed by atoms with van der Waals surface area (Å²) in [7, 11) is 1.65. The van der Waals surface area contributed by atoms with Crippen LogP contribution in [-0.4, -0.2) is 15.0 Å². The number of aryl methyl sites for hydroxylation is 1. The molecule has 0 atom stereocenters. The van der Waals surface area contributed by atoms with Gasteiger partial charge in [-0.2, -0.15) is 0 Å². The Morgan fingerprint density at radius 1 is 1.41 bits per heavy atom. The SMILES string of the molecule is Cc1ccc(OCC2CCC2)c(S(=O)(=O)Cl)c1. The van der Waals surface area contributed by atoms with E-state index in [1.54, 1.807) is 12.1 Å². The number of benzene rings is 1. The molecule has 0 amide bonds. The van der Waals surface area contributed by atoms with Gasteiger partial charge in [0, 0.05) is 10.7 Å². The van der Waals surface area contributed by atoms with Crippen molar-refractivity contribution >= 4 is 19.7 Å². The van der Waals surface area contributed by atoms with E-state index >= 15 is 0 Å². The number of ether oxygens (including phenoxy) is 1. The third kappa shape index (κ3) is 3.13. The van der Waals surface area contributed by atoms with Gasteiger partial charge in [0.15, 0.2) is 0 Å². The highest BCUT2D eigenvalue weighted by atomic mass is 35.7. The summed E-state index contributed by atoms with van der Waals surface area (Å²) in [6.45, 7) is 2.39. The molecule has 1 fully saturated rings. The molecule has 0 aromatic heterocycles. The maximum atomic E-state index is 11.4. The fourth-order valence-electron chi connectivity index (χ4n) is 1.79. The van der Waals surface area contributed by atoms with Gasteiger partial charge in [0.25, 0.3) is 9.05 Å². The molecule has 0 bridgehead atoms. The zero-order valence-electron chi connectivity index (χ0n) is 9.65. The summed E-state index contributed by atoms with van der Waals surface area (Å²) in [6, 6.07) is 5.03. The summed E-state index contributed by atoms with van der Waals surface area (Å²) in [5, 5.41) is 0. The van der Waals surface area contributed by atoms with Crippen LogP contribution in [0, 0.1) is 12.8 Å². The van der Waals surface area contributed by atoms with Gasteiger partial charge >= 0.3 is 0 Å². The first-order chi connectivity index (χ1) is 7.97. The average Bonchev–Trinajstić information content (AvgIpc) is 2.16. The first-order valence-electron chi connectivity index (χ1n) is 5.65. The molecule has 0 aliphatic heterocycles. The van der Waals surface area contributed by atoms with Crippen LogP contribution in [0.4, 0.5) is 0 Å². The minimum Gasteiger partial charge on any atom is -0.492 e. The predicted octanol–water partition coefficient (Wildman–Crippen LogP) is 3.10. The zero-order chi connectivity index (χ0) is 12.5. The highest BCUT2D eigenvalue weighted by molar-refractivity contribution is 8.13. The molecule has 1 aromatic carbocycles. The molecular formula is C12H15ClO3S. The molecule has 94 valence electrons. The van der Waals surface area contributed by atoms with E-state index in [2.05, 4.69) is 0 Å². The van der Waals surface area contributed by atoms with Gasteiger partial charge in [0.2, 0.25) is 0 Å². The monoisotopic (exact) mass is 274 g/mol. The molecule has 0 heterocycles. The molecule has 5 heteroatoms. The smallest absolute Gasteiger partial charge is 0.264 e. The second-order valence-corrected chi connectivity index (χ2v) is 7.03. The van der Waals surface area contributed by atoms with Crippen molar-refractivity contribution < 1.29 is 13.2 Å². The largest absolute Gasteiger partial charge is 0.492 e. The maximum absolute atomic E-state index is 11.4. The lowest BCUT2D eigenvalue weighted by molar-refractivity contribution is 0.177. The molecule has 1 saturated carbocycles. The van der Waals surface area contributed by atoms with Crippen LogP contribution in [0.15, 0.2) is 23.1 Å². The maximum Gasteiger partial charge on any atom is 0.264 e. The third-order valence-corrected chi connectivity index (χ3v) is 4.40. The van der Waals surface area contributed by atoms with Gasteiger partial charge in [-0.15, -0.1) is 0 Å².